The Bertz CT molecular complexity index is 668. The Hall–Kier alpha value is -1.94. The molecule has 2 aromatic carbocycles. The SMILES string of the molecule is COc1ccccc1SC(C(=O)N1CCCCC1)c1ccccc1. The van der Waals surface area contributed by atoms with Gasteiger partial charge in [-0.3, -0.25) is 4.79 Å². The lowest BCUT2D eigenvalue weighted by molar-refractivity contribution is -0.131. The van der Waals surface area contributed by atoms with Crippen molar-refractivity contribution in [2.45, 2.75) is 29.4 Å². The molecule has 0 radical (unpaired) electrons. The Morgan fingerprint density at radius 1 is 1.00 bits per heavy atom. The number of methoxy groups -OCH3 is 1. The van der Waals surface area contributed by atoms with E-state index in [0.717, 1.165) is 42.1 Å². The molecule has 4 heteroatoms. The summed E-state index contributed by atoms with van der Waals surface area (Å²) < 4.78 is 5.46. The van der Waals surface area contributed by atoms with E-state index in [-0.39, 0.29) is 11.2 Å². The van der Waals surface area contributed by atoms with E-state index in [1.807, 2.05) is 59.5 Å². The van der Waals surface area contributed by atoms with Crippen molar-refractivity contribution in [2.24, 2.45) is 0 Å². The molecule has 1 amide bonds. The van der Waals surface area contributed by atoms with Crippen molar-refractivity contribution in [2.75, 3.05) is 20.2 Å². The van der Waals surface area contributed by atoms with Gasteiger partial charge in [-0.05, 0) is 37.0 Å². The summed E-state index contributed by atoms with van der Waals surface area (Å²) in [5, 5.41) is -0.236. The number of benzene rings is 2. The van der Waals surface area contributed by atoms with E-state index in [0.29, 0.717) is 0 Å². The van der Waals surface area contributed by atoms with Crippen molar-refractivity contribution in [3.8, 4) is 5.75 Å². The van der Waals surface area contributed by atoms with Crippen LogP contribution in [0.4, 0.5) is 0 Å². The lowest BCUT2D eigenvalue weighted by Crippen LogP contribution is -2.38. The number of ether oxygens (including phenoxy) is 1. The standard InChI is InChI=1S/C20H23NO2S/c1-23-17-12-6-7-13-18(17)24-19(16-10-4-2-5-11-16)20(22)21-14-8-3-9-15-21/h2,4-7,10-13,19H,3,8-9,14-15H2,1H3. The van der Waals surface area contributed by atoms with Gasteiger partial charge in [-0.1, -0.05) is 42.5 Å². The Kier molecular flexibility index (Phi) is 5.81. The first-order valence-corrected chi connectivity index (χ1v) is 9.31. The fourth-order valence-corrected chi connectivity index (χ4v) is 4.23. The van der Waals surface area contributed by atoms with Crippen molar-refractivity contribution in [1.82, 2.24) is 4.90 Å². The van der Waals surface area contributed by atoms with Crippen LogP contribution in [-0.4, -0.2) is 31.0 Å². The minimum atomic E-state index is -0.236. The summed E-state index contributed by atoms with van der Waals surface area (Å²) >= 11 is 1.58. The molecule has 1 aliphatic heterocycles. The van der Waals surface area contributed by atoms with Crippen LogP contribution in [0.1, 0.15) is 30.1 Å². The smallest absolute Gasteiger partial charge is 0.240 e. The van der Waals surface area contributed by atoms with Crippen molar-refractivity contribution in [1.29, 1.82) is 0 Å². The van der Waals surface area contributed by atoms with Crippen LogP contribution in [0.15, 0.2) is 59.5 Å². The van der Waals surface area contributed by atoms with Gasteiger partial charge in [0.15, 0.2) is 0 Å². The van der Waals surface area contributed by atoms with Crippen LogP contribution in [-0.2, 0) is 4.79 Å². The van der Waals surface area contributed by atoms with Gasteiger partial charge < -0.3 is 9.64 Å². The first-order chi connectivity index (χ1) is 11.8. The molecule has 3 rings (SSSR count). The largest absolute Gasteiger partial charge is 0.496 e. The Morgan fingerprint density at radius 3 is 2.38 bits per heavy atom. The van der Waals surface area contributed by atoms with Crippen molar-refractivity contribution >= 4 is 17.7 Å². The average molecular weight is 341 g/mol. The van der Waals surface area contributed by atoms with Gasteiger partial charge in [0.2, 0.25) is 5.91 Å². The number of thioether (sulfide) groups is 1. The molecule has 24 heavy (non-hydrogen) atoms. The molecule has 1 atom stereocenters. The number of likely N-dealkylation sites (tertiary alicyclic amines) is 1. The molecule has 0 spiro atoms. The van der Waals surface area contributed by atoms with Gasteiger partial charge in [-0.25, -0.2) is 0 Å². The van der Waals surface area contributed by atoms with Crippen LogP contribution in [0.5, 0.6) is 5.75 Å². The number of carbonyl (C=O) groups is 1. The highest BCUT2D eigenvalue weighted by atomic mass is 32.2. The fourth-order valence-electron chi connectivity index (χ4n) is 3.01. The maximum atomic E-state index is 13.2. The highest BCUT2D eigenvalue weighted by molar-refractivity contribution is 8.00. The van der Waals surface area contributed by atoms with E-state index in [4.69, 9.17) is 4.74 Å². The predicted octanol–water partition coefficient (Wildman–Crippen LogP) is 4.54. The Morgan fingerprint density at radius 2 is 1.67 bits per heavy atom. The normalized spacial score (nSPS) is 15.8. The van der Waals surface area contributed by atoms with Crippen molar-refractivity contribution < 1.29 is 9.53 Å². The van der Waals surface area contributed by atoms with E-state index in [1.165, 1.54) is 6.42 Å². The second-order valence-corrected chi connectivity index (χ2v) is 7.09. The van der Waals surface area contributed by atoms with E-state index < -0.39 is 0 Å². The number of nitrogens with zero attached hydrogens (tertiary/aromatic N) is 1. The van der Waals surface area contributed by atoms with Crippen molar-refractivity contribution in [3.05, 3.63) is 60.2 Å². The molecule has 1 aliphatic rings. The van der Waals surface area contributed by atoms with Crippen LogP contribution in [0.3, 0.4) is 0 Å². The van der Waals surface area contributed by atoms with E-state index >= 15 is 0 Å². The van der Waals surface area contributed by atoms with Crippen LogP contribution in [0, 0.1) is 0 Å². The Balaban J connectivity index is 1.89. The highest BCUT2D eigenvalue weighted by Crippen LogP contribution is 2.41. The molecule has 1 unspecified atom stereocenters. The van der Waals surface area contributed by atoms with Gasteiger partial charge >= 0.3 is 0 Å². The van der Waals surface area contributed by atoms with E-state index in [1.54, 1.807) is 18.9 Å². The molecule has 0 saturated carbocycles. The van der Waals surface area contributed by atoms with Gasteiger partial charge in [-0.15, -0.1) is 11.8 Å². The number of hydrogen-bond donors (Lipinski definition) is 0. The maximum Gasteiger partial charge on any atom is 0.240 e. The molecular formula is C20H23NO2S. The maximum absolute atomic E-state index is 13.2. The third-order valence-corrected chi connectivity index (χ3v) is 5.61. The van der Waals surface area contributed by atoms with Gasteiger partial charge in [0.25, 0.3) is 0 Å². The first kappa shape index (κ1) is 16.9. The monoisotopic (exact) mass is 341 g/mol. The zero-order chi connectivity index (χ0) is 16.8. The number of para-hydroxylation sites is 1. The lowest BCUT2D eigenvalue weighted by atomic mass is 10.1. The number of piperidine rings is 1. The number of amides is 1. The van der Waals surface area contributed by atoms with E-state index in [9.17, 15) is 4.79 Å². The molecule has 0 aliphatic carbocycles. The Labute approximate surface area is 148 Å². The topological polar surface area (TPSA) is 29.5 Å². The lowest BCUT2D eigenvalue weighted by Gasteiger charge is -2.30. The summed E-state index contributed by atoms with van der Waals surface area (Å²) in [6.07, 6.45) is 3.43. The molecule has 2 aromatic rings. The number of carbonyl (C=O) groups excluding carboxylic acids is 1. The molecular weight excluding hydrogens is 318 g/mol. The summed E-state index contributed by atoms with van der Waals surface area (Å²) in [7, 11) is 1.67. The quantitative estimate of drug-likeness (QED) is 0.748. The van der Waals surface area contributed by atoms with Crippen LogP contribution in [0.2, 0.25) is 0 Å². The summed E-state index contributed by atoms with van der Waals surface area (Å²) in [6.45, 7) is 1.74. The summed E-state index contributed by atoms with van der Waals surface area (Å²) in [5.41, 5.74) is 1.05. The van der Waals surface area contributed by atoms with Crippen LogP contribution in [0.25, 0.3) is 0 Å². The van der Waals surface area contributed by atoms with Crippen LogP contribution < -0.4 is 4.74 Å². The zero-order valence-electron chi connectivity index (χ0n) is 14.0. The van der Waals surface area contributed by atoms with Gasteiger partial charge in [0, 0.05) is 13.1 Å². The second kappa shape index (κ2) is 8.25. The van der Waals surface area contributed by atoms with Crippen molar-refractivity contribution in [3.63, 3.8) is 0 Å². The van der Waals surface area contributed by atoms with E-state index in [2.05, 4.69) is 0 Å². The van der Waals surface area contributed by atoms with Crippen LogP contribution >= 0.6 is 11.8 Å². The zero-order valence-corrected chi connectivity index (χ0v) is 14.8. The summed E-state index contributed by atoms with van der Waals surface area (Å²) in [4.78, 5) is 16.2. The molecule has 1 heterocycles. The second-order valence-electron chi connectivity index (χ2n) is 5.95. The first-order valence-electron chi connectivity index (χ1n) is 8.43. The van der Waals surface area contributed by atoms with Gasteiger partial charge in [-0.2, -0.15) is 0 Å². The fraction of sp³-hybridized carbons (Fsp3) is 0.350. The molecule has 0 bridgehead atoms. The minimum absolute atomic E-state index is 0.205. The molecule has 0 aromatic heterocycles. The number of hydrogen-bond acceptors (Lipinski definition) is 3. The summed E-state index contributed by atoms with van der Waals surface area (Å²) in [6, 6.07) is 17.9. The molecule has 3 nitrogen and oxygen atoms in total. The predicted molar refractivity (Wildman–Crippen MR) is 98.5 cm³/mol. The van der Waals surface area contributed by atoms with Gasteiger partial charge in [0.05, 0.1) is 12.0 Å². The third-order valence-electron chi connectivity index (χ3n) is 4.31. The average Bonchev–Trinajstić information content (AvgIpc) is 2.67. The molecule has 126 valence electrons. The molecule has 1 saturated heterocycles. The third kappa shape index (κ3) is 3.93. The highest BCUT2D eigenvalue weighted by Gasteiger charge is 2.28. The van der Waals surface area contributed by atoms with Gasteiger partial charge in [0.1, 0.15) is 11.0 Å². The number of rotatable bonds is 5. The minimum Gasteiger partial charge on any atom is -0.496 e. The summed E-state index contributed by atoms with van der Waals surface area (Å²) in [5.74, 6) is 1.02. The molecule has 0 N–H and O–H groups in total. The molecule has 1 fully saturated rings.